The van der Waals surface area contributed by atoms with E-state index in [1.165, 1.54) is 23.4 Å². The van der Waals surface area contributed by atoms with Crippen LogP contribution < -0.4 is 9.80 Å². The maximum absolute atomic E-state index is 15.2. The number of nitrogens with zero attached hydrogens (tertiary/aromatic N) is 8. The zero-order valence-corrected chi connectivity index (χ0v) is 40.2. The summed E-state index contributed by atoms with van der Waals surface area (Å²) >= 11 is 0. The Morgan fingerprint density at radius 1 is 0.797 bits per heavy atom. The van der Waals surface area contributed by atoms with Crippen molar-refractivity contribution in [3.63, 3.8) is 0 Å². The molecule has 13 nitrogen and oxygen atoms in total. The second-order valence-electron chi connectivity index (χ2n) is 19.3. The van der Waals surface area contributed by atoms with Gasteiger partial charge in [0.1, 0.15) is 17.5 Å². The number of hydrogen-bond acceptors (Lipinski definition) is 8. The number of nitriles is 1. The molecular formula is C56H60N8O5. The second kappa shape index (κ2) is 18.7. The highest BCUT2D eigenvalue weighted by Crippen LogP contribution is 2.39. The molecule has 69 heavy (non-hydrogen) atoms. The highest BCUT2D eigenvalue weighted by Gasteiger charge is 2.34. The Balaban J connectivity index is 0.956. The molecule has 4 aliphatic rings. The molecule has 1 N–H and O–H groups in total. The molecule has 10 rings (SSSR count). The molecular weight excluding hydrogens is 865 g/mol. The number of amides is 3. The SMILES string of the molecule is Cc1c(N(C(=O)c2cc(-c3cc4c(cc3C(=O)N3Cc5ccccc5C[C@H]3C)CN(C(=O)Cc3ccc(N5CC[C@@H](N6CCOCC6)C5)cc3)CC4)n(C)c2C)c2ccc(O)cc2)cc(C#N)n1C. The van der Waals surface area contributed by atoms with E-state index in [4.69, 9.17) is 4.74 Å². The number of aromatic nitrogens is 2. The summed E-state index contributed by atoms with van der Waals surface area (Å²) in [4.78, 5) is 54.8. The third-order valence-electron chi connectivity index (χ3n) is 15.3. The first kappa shape index (κ1) is 45.6. The van der Waals surface area contributed by atoms with Crippen molar-refractivity contribution in [2.45, 2.75) is 71.6 Å². The first-order valence-corrected chi connectivity index (χ1v) is 24.2. The smallest absolute Gasteiger partial charge is 0.264 e. The van der Waals surface area contributed by atoms with Gasteiger partial charge in [0.05, 0.1) is 30.9 Å². The lowest BCUT2D eigenvalue weighted by molar-refractivity contribution is -0.131. The second-order valence-corrected chi connectivity index (χ2v) is 19.3. The summed E-state index contributed by atoms with van der Waals surface area (Å²) in [7, 11) is 3.71. The lowest BCUT2D eigenvalue weighted by Crippen LogP contribution is -2.44. The van der Waals surface area contributed by atoms with Gasteiger partial charge in [-0.2, -0.15) is 5.26 Å². The fourth-order valence-corrected chi connectivity index (χ4v) is 10.9. The van der Waals surface area contributed by atoms with Gasteiger partial charge in [0, 0.05) is 112 Å². The topological polar surface area (TPSA) is 131 Å². The van der Waals surface area contributed by atoms with Crippen LogP contribution in [0.25, 0.3) is 11.3 Å². The van der Waals surface area contributed by atoms with Gasteiger partial charge in [0.25, 0.3) is 11.8 Å². The summed E-state index contributed by atoms with van der Waals surface area (Å²) in [5.74, 6) is -0.303. The quantitative estimate of drug-likeness (QED) is 0.155. The summed E-state index contributed by atoms with van der Waals surface area (Å²) in [6, 6.07) is 33.6. The van der Waals surface area contributed by atoms with Crippen LogP contribution in [0.4, 0.5) is 17.1 Å². The minimum absolute atomic E-state index is 0.0510. The maximum atomic E-state index is 15.2. The highest BCUT2D eigenvalue weighted by atomic mass is 16.5. The van der Waals surface area contributed by atoms with E-state index < -0.39 is 0 Å². The maximum Gasteiger partial charge on any atom is 0.264 e. The zero-order valence-electron chi connectivity index (χ0n) is 40.2. The van der Waals surface area contributed by atoms with Crippen LogP contribution in [0.3, 0.4) is 0 Å². The number of hydrogen-bond donors (Lipinski definition) is 1. The van der Waals surface area contributed by atoms with Crippen molar-refractivity contribution in [3.8, 4) is 23.1 Å². The Morgan fingerprint density at radius 3 is 2.26 bits per heavy atom. The zero-order chi connectivity index (χ0) is 48.1. The average molecular weight is 925 g/mol. The molecule has 2 aromatic heterocycles. The van der Waals surface area contributed by atoms with Crippen LogP contribution in [0.15, 0.2) is 97.1 Å². The fraction of sp³-hybridized carbons (Fsp3) is 0.357. The van der Waals surface area contributed by atoms with Crippen molar-refractivity contribution in [2.24, 2.45) is 14.1 Å². The van der Waals surface area contributed by atoms with Crippen molar-refractivity contribution in [2.75, 3.05) is 55.7 Å². The van der Waals surface area contributed by atoms with Crippen molar-refractivity contribution in [3.05, 3.63) is 153 Å². The first-order chi connectivity index (χ1) is 33.4. The van der Waals surface area contributed by atoms with E-state index >= 15 is 9.59 Å². The van der Waals surface area contributed by atoms with Crippen LogP contribution in [0.2, 0.25) is 0 Å². The Morgan fingerprint density at radius 2 is 1.54 bits per heavy atom. The van der Waals surface area contributed by atoms with Crippen LogP contribution in [0, 0.1) is 25.2 Å². The molecule has 354 valence electrons. The van der Waals surface area contributed by atoms with Gasteiger partial charge in [0.15, 0.2) is 0 Å². The molecule has 2 fully saturated rings. The molecule has 0 bridgehead atoms. The lowest BCUT2D eigenvalue weighted by atomic mass is 9.89. The van der Waals surface area contributed by atoms with Gasteiger partial charge in [-0.1, -0.05) is 36.4 Å². The number of phenols is 1. The Kier molecular flexibility index (Phi) is 12.4. The molecule has 4 aromatic carbocycles. The predicted octanol–water partition coefficient (Wildman–Crippen LogP) is 7.83. The van der Waals surface area contributed by atoms with Crippen LogP contribution in [0.1, 0.15) is 79.0 Å². The number of anilines is 3. The summed E-state index contributed by atoms with van der Waals surface area (Å²) in [5, 5.41) is 20.1. The molecule has 6 aromatic rings. The monoisotopic (exact) mass is 924 g/mol. The van der Waals surface area contributed by atoms with E-state index in [1.807, 2.05) is 59.5 Å². The highest BCUT2D eigenvalue weighted by molar-refractivity contribution is 6.13. The molecule has 13 heteroatoms. The van der Waals surface area contributed by atoms with E-state index in [1.54, 1.807) is 34.7 Å². The number of fused-ring (bicyclic) bond motifs is 2. The van der Waals surface area contributed by atoms with Gasteiger partial charge in [0.2, 0.25) is 5.91 Å². The molecule has 0 aliphatic carbocycles. The van der Waals surface area contributed by atoms with Crippen LogP contribution in [-0.4, -0.2) is 105 Å². The number of benzene rings is 4. The molecule has 2 atom stereocenters. The summed E-state index contributed by atoms with van der Waals surface area (Å²) in [6.45, 7) is 12.9. The molecule has 4 aliphatic heterocycles. The number of ether oxygens (including phenoxy) is 1. The van der Waals surface area contributed by atoms with Gasteiger partial charge >= 0.3 is 0 Å². The van der Waals surface area contributed by atoms with Crippen molar-refractivity contribution in [1.82, 2.24) is 23.8 Å². The van der Waals surface area contributed by atoms with Gasteiger partial charge < -0.3 is 33.7 Å². The minimum Gasteiger partial charge on any atom is -0.508 e. The fourth-order valence-electron chi connectivity index (χ4n) is 10.9. The predicted molar refractivity (Wildman–Crippen MR) is 267 cm³/mol. The van der Waals surface area contributed by atoms with E-state index in [0.717, 1.165) is 85.7 Å². The number of carbonyl (C=O) groups is 3. The molecule has 0 radical (unpaired) electrons. The van der Waals surface area contributed by atoms with Crippen LogP contribution in [-0.2, 0) is 56.0 Å². The summed E-state index contributed by atoms with van der Waals surface area (Å²) < 4.78 is 9.31. The first-order valence-electron chi connectivity index (χ1n) is 24.2. The standard InChI is InChI=1S/C56H60N8O5/c1-36-26-40-8-6-7-9-42(40)34-63(36)55(67)51-29-43-33-62(54(66)27-39-10-12-44(13-11-39)61-21-19-46(35-61)60-22-24-69-25-23-60)20-18-41(43)28-50(51)53-31-49(37(2)59(53)5)56(68)64(45-14-16-48(65)17-15-45)52-30-47(32-57)58(4)38(52)3/h6-17,28-31,36,46,65H,18-27,33-35H2,1-5H3/t36-,46-/m1/s1. The Hall–Kier alpha value is -7.14. The van der Waals surface area contributed by atoms with Gasteiger partial charge in [-0.15, -0.1) is 0 Å². The Labute approximate surface area is 404 Å². The normalized spacial score (nSPS) is 18.2. The number of rotatable bonds is 9. The average Bonchev–Trinajstić information content (AvgIpc) is 4.06. The largest absolute Gasteiger partial charge is 0.508 e. The van der Waals surface area contributed by atoms with E-state index in [0.29, 0.717) is 78.1 Å². The number of carbonyl (C=O) groups excluding carboxylic acids is 3. The molecule has 3 amide bonds. The molecule has 6 heterocycles. The number of phenolic OH excluding ortho intramolecular Hbond substituents is 1. The summed E-state index contributed by atoms with van der Waals surface area (Å²) in [6.07, 6.45) is 2.79. The molecule has 0 saturated carbocycles. The third kappa shape index (κ3) is 8.68. The van der Waals surface area contributed by atoms with Gasteiger partial charge in [-0.05, 0) is 129 Å². The van der Waals surface area contributed by atoms with Crippen molar-refractivity contribution in [1.29, 1.82) is 5.26 Å². The van der Waals surface area contributed by atoms with Gasteiger partial charge in [-0.3, -0.25) is 24.2 Å². The van der Waals surface area contributed by atoms with E-state index in [2.05, 4.69) is 65.3 Å². The van der Waals surface area contributed by atoms with Crippen LogP contribution >= 0.6 is 0 Å². The summed E-state index contributed by atoms with van der Waals surface area (Å²) in [5.41, 5.74) is 11.8. The number of aromatic hydroxyl groups is 1. The lowest BCUT2D eigenvalue weighted by Gasteiger charge is -2.36. The van der Waals surface area contributed by atoms with Crippen molar-refractivity contribution >= 4 is 34.8 Å². The third-order valence-corrected chi connectivity index (χ3v) is 15.3. The molecule has 0 spiro atoms. The van der Waals surface area contributed by atoms with E-state index in [-0.39, 0.29) is 29.5 Å². The Bertz CT molecular complexity index is 2990. The number of morpholine rings is 1. The molecule has 2 saturated heterocycles. The van der Waals surface area contributed by atoms with Crippen LogP contribution in [0.5, 0.6) is 5.75 Å². The van der Waals surface area contributed by atoms with Crippen molar-refractivity contribution < 1.29 is 24.2 Å². The van der Waals surface area contributed by atoms with E-state index in [9.17, 15) is 15.2 Å². The van der Waals surface area contributed by atoms with Gasteiger partial charge in [-0.25, -0.2) is 0 Å². The minimum atomic E-state index is -0.317. The molecule has 0 unspecified atom stereocenters.